The first-order chi connectivity index (χ1) is 15.5. The Bertz CT molecular complexity index is 1040. The number of hydrogen-bond acceptors (Lipinski definition) is 3. The van der Waals surface area contributed by atoms with Crippen molar-refractivity contribution < 1.29 is 14.6 Å². The maximum atomic E-state index is 12.5. The van der Waals surface area contributed by atoms with Crippen LogP contribution in [0.2, 0.25) is 0 Å². The van der Waals surface area contributed by atoms with E-state index in [1.165, 1.54) is 25.7 Å². The number of carboxylic acids is 1. The summed E-state index contributed by atoms with van der Waals surface area (Å²) < 4.78 is 8.77. The molecule has 1 N–H and O–H groups in total. The van der Waals surface area contributed by atoms with Crippen molar-refractivity contribution in [3.05, 3.63) is 58.8 Å². The molecule has 0 unspecified atom stereocenters. The highest BCUT2D eigenvalue weighted by Gasteiger charge is 2.53. The summed E-state index contributed by atoms with van der Waals surface area (Å²) in [5.74, 6) is 1.90. The van der Waals surface area contributed by atoms with E-state index in [0.717, 1.165) is 23.6 Å². The van der Waals surface area contributed by atoms with Gasteiger partial charge >= 0.3 is 5.97 Å². The number of hydrogen-bond donors (Lipinski definition) is 1. The smallest absolute Gasteiger partial charge is 0.314 e. The first-order valence-corrected chi connectivity index (χ1v) is 11.9. The Hall–Kier alpha value is -2.65. The number of carbonyl (C=O) groups is 1. The highest BCUT2D eigenvalue weighted by molar-refractivity contribution is 5.81. The number of benzene rings is 1. The lowest BCUT2D eigenvalue weighted by Gasteiger charge is -2.43. The summed E-state index contributed by atoms with van der Waals surface area (Å²) in [6.45, 7) is 11.1. The van der Waals surface area contributed by atoms with Crippen molar-refractivity contribution in [1.29, 1.82) is 0 Å². The fraction of sp³-hybridized carbons (Fsp3) is 0.577. The zero-order chi connectivity index (χ0) is 22.3. The summed E-state index contributed by atoms with van der Waals surface area (Å²) in [6, 6.07) is 9.62. The van der Waals surface area contributed by atoms with E-state index in [9.17, 15) is 9.90 Å². The third-order valence-corrected chi connectivity index (χ3v) is 7.70. The molecule has 3 fully saturated rings. The van der Waals surface area contributed by atoms with Crippen LogP contribution in [0.15, 0.2) is 30.3 Å². The van der Waals surface area contributed by atoms with Gasteiger partial charge in [0.2, 0.25) is 5.82 Å². The highest BCUT2D eigenvalue weighted by Crippen LogP contribution is 2.51. The van der Waals surface area contributed by atoms with Crippen LogP contribution in [-0.2, 0) is 27.1 Å². The van der Waals surface area contributed by atoms with Gasteiger partial charge in [-0.05, 0) is 75.7 Å². The molecule has 0 radical (unpaired) electrons. The minimum absolute atomic E-state index is 0.500. The van der Waals surface area contributed by atoms with Crippen LogP contribution in [0.3, 0.4) is 0 Å². The highest BCUT2D eigenvalue weighted by atomic mass is 16.5. The SMILES string of the molecule is [C-]#[N+]c1c(C)nc(C2(OCC3CC3)CCC(C(=O)O)(c3ccccc3)CC2)n1CC1CC1. The summed E-state index contributed by atoms with van der Waals surface area (Å²) in [7, 11) is 0. The molecule has 6 heteroatoms. The molecule has 0 aliphatic heterocycles. The van der Waals surface area contributed by atoms with Gasteiger partial charge in [0, 0.05) is 0 Å². The standard InChI is InChI=1S/C26H31N3O3/c1-18-22(27-2)29(16-19-8-9-19)23(28-18)26(32-17-20-10-11-20)14-12-25(13-15-26,24(30)31)21-6-4-3-5-7-21/h3-7,19-20H,8-17H2,1H3,(H,30,31). The lowest BCUT2D eigenvalue weighted by atomic mass is 9.65. The van der Waals surface area contributed by atoms with E-state index in [1.807, 2.05) is 37.3 Å². The Morgan fingerprint density at radius 3 is 2.38 bits per heavy atom. The summed E-state index contributed by atoms with van der Waals surface area (Å²) in [5.41, 5.74) is 0.0869. The number of aromatic nitrogens is 2. The van der Waals surface area contributed by atoms with Gasteiger partial charge in [-0.15, -0.1) is 0 Å². The van der Waals surface area contributed by atoms with E-state index in [0.29, 0.717) is 49.9 Å². The molecular formula is C26H31N3O3. The first-order valence-electron chi connectivity index (χ1n) is 11.9. The molecule has 6 nitrogen and oxygen atoms in total. The molecule has 0 bridgehead atoms. The maximum absolute atomic E-state index is 12.5. The Balaban J connectivity index is 1.52. The van der Waals surface area contributed by atoms with Gasteiger partial charge in [0.15, 0.2) is 0 Å². The number of aryl methyl sites for hydroxylation is 1. The topological polar surface area (TPSA) is 68.7 Å². The van der Waals surface area contributed by atoms with Gasteiger partial charge in [-0.3, -0.25) is 9.36 Å². The molecule has 0 atom stereocenters. The zero-order valence-electron chi connectivity index (χ0n) is 18.7. The third-order valence-electron chi connectivity index (χ3n) is 7.70. The molecule has 2 aromatic rings. The fourth-order valence-corrected chi connectivity index (χ4v) is 5.24. The van der Waals surface area contributed by atoms with Gasteiger partial charge in [0.05, 0.1) is 24.3 Å². The van der Waals surface area contributed by atoms with Crippen LogP contribution in [0.5, 0.6) is 0 Å². The molecule has 3 saturated carbocycles. The van der Waals surface area contributed by atoms with Crippen molar-refractivity contribution in [3.8, 4) is 0 Å². The number of rotatable bonds is 8. The number of nitrogens with zero attached hydrogens (tertiary/aromatic N) is 3. The zero-order valence-corrected chi connectivity index (χ0v) is 18.7. The van der Waals surface area contributed by atoms with Crippen molar-refractivity contribution in [3.63, 3.8) is 0 Å². The van der Waals surface area contributed by atoms with Crippen LogP contribution < -0.4 is 0 Å². The van der Waals surface area contributed by atoms with Crippen LogP contribution >= 0.6 is 0 Å². The van der Waals surface area contributed by atoms with E-state index < -0.39 is 17.0 Å². The average Bonchev–Trinajstić information content (AvgIpc) is 3.73. The molecule has 0 amide bonds. The second-order valence-electron chi connectivity index (χ2n) is 10.0. The molecular weight excluding hydrogens is 402 g/mol. The third kappa shape index (κ3) is 3.73. The summed E-state index contributed by atoms with van der Waals surface area (Å²) in [6.07, 6.45) is 6.97. The second-order valence-corrected chi connectivity index (χ2v) is 10.0. The fourth-order valence-electron chi connectivity index (χ4n) is 5.24. The van der Waals surface area contributed by atoms with Gasteiger partial charge in [-0.25, -0.2) is 4.98 Å². The molecule has 1 aromatic carbocycles. The Labute approximate surface area is 189 Å². The molecule has 168 valence electrons. The van der Waals surface area contributed by atoms with E-state index >= 15 is 0 Å². The number of aliphatic carboxylic acids is 1. The minimum Gasteiger partial charge on any atom is -0.481 e. The summed E-state index contributed by atoms with van der Waals surface area (Å²) >= 11 is 0. The monoisotopic (exact) mass is 433 g/mol. The van der Waals surface area contributed by atoms with Crippen LogP contribution in [0.25, 0.3) is 4.85 Å². The molecule has 1 heterocycles. The van der Waals surface area contributed by atoms with Crippen LogP contribution in [0, 0.1) is 25.3 Å². The number of imidazole rings is 1. The predicted octanol–water partition coefficient (Wildman–Crippen LogP) is 5.37. The molecule has 3 aliphatic carbocycles. The quantitative estimate of drug-likeness (QED) is 0.568. The molecule has 3 aliphatic rings. The van der Waals surface area contributed by atoms with Gasteiger partial charge in [0.1, 0.15) is 5.60 Å². The summed E-state index contributed by atoms with van der Waals surface area (Å²) in [4.78, 5) is 21.2. The maximum Gasteiger partial charge on any atom is 0.314 e. The molecule has 0 saturated heterocycles. The Kier molecular flexibility index (Phi) is 5.33. The van der Waals surface area contributed by atoms with Crippen LogP contribution in [0.1, 0.15) is 68.4 Å². The van der Waals surface area contributed by atoms with E-state index in [4.69, 9.17) is 16.3 Å². The average molecular weight is 434 g/mol. The Morgan fingerprint density at radius 2 is 1.81 bits per heavy atom. The van der Waals surface area contributed by atoms with Crippen molar-refractivity contribution in [2.24, 2.45) is 11.8 Å². The van der Waals surface area contributed by atoms with Gasteiger partial charge in [-0.1, -0.05) is 36.9 Å². The largest absolute Gasteiger partial charge is 0.481 e. The van der Waals surface area contributed by atoms with Crippen molar-refractivity contribution in [2.45, 2.75) is 75.9 Å². The molecule has 32 heavy (non-hydrogen) atoms. The van der Waals surface area contributed by atoms with Crippen LogP contribution in [0.4, 0.5) is 5.82 Å². The Morgan fingerprint density at radius 1 is 1.16 bits per heavy atom. The van der Waals surface area contributed by atoms with E-state index in [-0.39, 0.29) is 0 Å². The van der Waals surface area contributed by atoms with Crippen molar-refractivity contribution >= 4 is 11.8 Å². The van der Waals surface area contributed by atoms with Crippen molar-refractivity contribution in [1.82, 2.24) is 9.55 Å². The lowest BCUT2D eigenvalue weighted by Crippen LogP contribution is -2.47. The molecule has 1 aromatic heterocycles. The van der Waals surface area contributed by atoms with Crippen LogP contribution in [-0.4, -0.2) is 27.2 Å². The first kappa shape index (κ1) is 21.2. The van der Waals surface area contributed by atoms with Gasteiger partial charge in [0.25, 0.3) is 5.82 Å². The van der Waals surface area contributed by atoms with E-state index in [2.05, 4.69) is 9.41 Å². The number of carboxylic acid groups (broad SMARTS) is 1. The predicted molar refractivity (Wildman–Crippen MR) is 121 cm³/mol. The number of ether oxygens (including phenoxy) is 1. The normalized spacial score (nSPS) is 27.8. The minimum atomic E-state index is -0.903. The molecule has 5 rings (SSSR count). The van der Waals surface area contributed by atoms with Gasteiger partial charge < -0.3 is 14.7 Å². The lowest BCUT2D eigenvalue weighted by molar-refractivity contribution is -0.151. The van der Waals surface area contributed by atoms with Gasteiger partial charge in [-0.2, -0.15) is 0 Å². The van der Waals surface area contributed by atoms with E-state index in [1.54, 1.807) is 0 Å². The summed E-state index contributed by atoms with van der Waals surface area (Å²) in [5, 5.41) is 10.3. The van der Waals surface area contributed by atoms with Crippen molar-refractivity contribution in [2.75, 3.05) is 6.61 Å². The second kappa shape index (κ2) is 8.04. The molecule has 0 spiro atoms.